The van der Waals surface area contributed by atoms with E-state index < -0.39 is 0 Å². The third-order valence-corrected chi connectivity index (χ3v) is 3.39. The van der Waals surface area contributed by atoms with Gasteiger partial charge >= 0.3 is 0 Å². The molecule has 1 aromatic heterocycles. The van der Waals surface area contributed by atoms with Crippen molar-refractivity contribution in [2.45, 2.75) is 44.5 Å². The molecule has 0 fully saturated rings. The van der Waals surface area contributed by atoms with Crippen molar-refractivity contribution in [2.24, 2.45) is 5.73 Å². The van der Waals surface area contributed by atoms with E-state index in [1.807, 2.05) is 27.7 Å². The normalized spacial score (nSPS) is 12.5. The van der Waals surface area contributed by atoms with Crippen LogP contribution in [0.5, 0.6) is 0 Å². The number of nitrogens with one attached hydrogen (secondary N) is 1. The van der Waals surface area contributed by atoms with Crippen molar-refractivity contribution in [3.8, 4) is 0 Å². The fourth-order valence-corrected chi connectivity index (χ4v) is 2.33. The maximum absolute atomic E-state index is 7.23. The summed E-state index contributed by atoms with van der Waals surface area (Å²) in [6.07, 6.45) is 0.569. The zero-order valence-electron chi connectivity index (χ0n) is 10.2. The lowest BCUT2D eigenvalue weighted by molar-refractivity contribution is 0.870. The van der Waals surface area contributed by atoms with E-state index in [1.165, 1.54) is 0 Å². The molecule has 0 aliphatic rings. The Bertz CT molecular complexity index is 380. The molecular weight excluding hydrogens is 220 g/mol. The molecule has 0 saturated carbocycles. The molecule has 1 heterocycles. The summed E-state index contributed by atoms with van der Waals surface area (Å²) in [4.78, 5) is 8.84. The van der Waals surface area contributed by atoms with Gasteiger partial charge in [-0.3, -0.25) is 5.41 Å². The van der Waals surface area contributed by atoms with Crippen molar-refractivity contribution in [1.29, 1.82) is 5.41 Å². The molecule has 0 saturated heterocycles. The molecule has 0 aliphatic carbocycles. The Morgan fingerprint density at radius 3 is 2.25 bits per heavy atom. The van der Waals surface area contributed by atoms with Gasteiger partial charge in [-0.1, -0.05) is 18.7 Å². The van der Waals surface area contributed by atoms with Gasteiger partial charge in [-0.05, 0) is 26.3 Å². The van der Waals surface area contributed by atoms with Gasteiger partial charge in [0.15, 0.2) is 5.16 Å². The Kier molecular flexibility index (Phi) is 4.29. The molecule has 0 aliphatic heterocycles. The lowest BCUT2D eigenvalue weighted by atomic mass is 10.2. The molecule has 88 valence electrons. The number of nitrogens with zero attached hydrogens (tertiary/aromatic N) is 2. The van der Waals surface area contributed by atoms with Crippen molar-refractivity contribution in [3.63, 3.8) is 0 Å². The summed E-state index contributed by atoms with van der Waals surface area (Å²) in [5.74, 6) is 0.209. The van der Waals surface area contributed by atoms with E-state index in [4.69, 9.17) is 11.1 Å². The zero-order valence-corrected chi connectivity index (χ0v) is 11.0. The van der Waals surface area contributed by atoms with Crippen molar-refractivity contribution in [1.82, 2.24) is 9.97 Å². The number of amidine groups is 1. The second-order valence-corrected chi connectivity index (χ2v) is 5.37. The summed E-state index contributed by atoms with van der Waals surface area (Å²) in [5.41, 5.74) is 8.54. The Morgan fingerprint density at radius 1 is 1.31 bits per heavy atom. The van der Waals surface area contributed by atoms with E-state index >= 15 is 0 Å². The predicted octanol–water partition coefficient (Wildman–Crippen LogP) is 2.21. The van der Waals surface area contributed by atoms with Crippen LogP contribution in [0.1, 0.15) is 30.3 Å². The topological polar surface area (TPSA) is 75.7 Å². The fraction of sp³-hybridized carbons (Fsp3) is 0.545. The second-order valence-electron chi connectivity index (χ2n) is 3.96. The highest BCUT2D eigenvalue weighted by molar-refractivity contribution is 7.99. The van der Waals surface area contributed by atoms with Gasteiger partial charge in [0, 0.05) is 23.1 Å². The van der Waals surface area contributed by atoms with E-state index in [0.29, 0.717) is 6.42 Å². The SMILES string of the molecule is Cc1nc(SC(C)CC(=N)N)nc(C)c1C. The first-order valence-electron chi connectivity index (χ1n) is 5.21. The Hall–Kier alpha value is -1.10. The third kappa shape index (κ3) is 3.48. The summed E-state index contributed by atoms with van der Waals surface area (Å²) in [7, 11) is 0. The number of thioether (sulfide) groups is 1. The summed E-state index contributed by atoms with van der Waals surface area (Å²) in [6.45, 7) is 8.03. The average Bonchev–Trinajstić information content (AvgIpc) is 2.12. The molecule has 4 nitrogen and oxygen atoms in total. The van der Waals surface area contributed by atoms with Crippen LogP contribution in [0.25, 0.3) is 0 Å². The van der Waals surface area contributed by atoms with Crippen LogP contribution >= 0.6 is 11.8 Å². The van der Waals surface area contributed by atoms with E-state index in [1.54, 1.807) is 11.8 Å². The number of hydrogen-bond acceptors (Lipinski definition) is 4. The van der Waals surface area contributed by atoms with Crippen LogP contribution in [0.3, 0.4) is 0 Å². The van der Waals surface area contributed by atoms with Gasteiger partial charge in [0.05, 0.1) is 5.84 Å². The summed E-state index contributed by atoms with van der Waals surface area (Å²) in [5, 5.41) is 8.24. The van der Waals surface area contributed by atoms with Gasteiger partial charge in [0.2, 0.25) is 0 Å². The van der Waals surface area contributed by atoms with Crippen LogP contribution in [0.15, 0.2) is 5.16 Å². The van der Waals surface area contributed by atoms with Crippen molar-refractivity contribution >= 4 is 17.6 Å². The molecule has 0 spiro atoms. The lowest BCUT2D eigenvalue weighted by Gasteiger charge is -2.11. The van der Waals surface area contributed by atoms with Crippen LogP contribution in [-0.2, 0) is 0 Å². The van der Waals surface area contributed by atoms with Gasteiger partial charge in [-0.25, -0.2) is 9.97 Å². The number of nitrogens with two attached hydrogens (primary N) is 1. The number of aryl methyl sites for hydroxylation is 2. The van der Waals surface area contributed by atoms with Gasteiger partial charge < -0.3 is 5.73 Å². The summed E-state index contributed by atoms with van der Waals surface area (Å²) < 4.78 is 0. The minimum Gasteiger partial charge on any atom is -0.388 e. The van der Waals surface area contributed by atoms with Gasteiger partial charge in [-0.15, -0.1) is 0 Å². The zero-order chi connectivity index (χ0) is 12.3. The maximum Gasteiger partial charge on any atom is 0.188 e. The highest BCUT2D eigenvalue weighted by Gasteiger charge is 2.10. The Morgan fingerprint density at radius 2 is 1.81 bits per heavy atom. The van der Waals surface area contributed by atoms with E-state index in [2.05, 4.69) is 9.97 Å². The third-order valence-electron chi connectivity index (χ3n) is 2.43. The summed E-state index contributed by atoms with van der Waals surface area (Å²) in [6, 6.07) is 0. The largest absolute Gasteiger partial charge is 0.388 e. The molecule has 0 radical (unpaired) electrons. The van der Waals surface area contributed by atoms with E-state index in [9.17, 15) is 0 Å². The molecular formula is C11H18N4S. The van der Waals surface area contributed by atoms with Gasteiger partial charge in [-0.2, -0.15) is 0 Å². The minimum atomic E-state index is 0.209. The Labute approximate surface area is 101 Å². The smallest absolute Gasteiger partial charge is 0.188 e. The van der Waals surface area contributed by atoms with Crippen LogP contribution in [0.4, 0.5) is 0 Å². The molecule has 1 atom stereocenters. The molecule has 1 aromatic rings. The molecule has 0 bridgehead atoms. The monoisotopic (exact) mass is 238 g/mol. The highest BCUT2D eigenvalue weighted by Crippen LogP contribution is 2.23. The fourth-order valence-electron chi connectivity index (χ4n) is 1.33. The first-order chi connectivity index (χ1) is 7.40. The molecule has 3 N–H and O–H groups in total. The summed E-state index contributed by atoms with van der Waals surface area (Å²) >= 11 is 1.57. The second kappa shape index (κ2) is 5.30. The average molecular weight is 238 g/mol. The molecule has 5 heteroatoms. The number of rotatable bonds is 4. The molecule has 16 heavy (non-hydrogen) atoms. The van der Waals surface area contributed by atoms with Crippen molar-refractivity contribution < 1.29 is 0 Å². The van der Waals surface area contributed by atoms with Crippen LogP contribution < -0.4 is 5.73 Å². The van der Waals surface area contributed by atoms with Crippen LogP contribution in [0.2, 0.25) is 0 Å². The Balaban J connectivity index is 2.78. The number of hydrogen-bond donors (Lipinski definition) is 2. The highest BCUT2D eigenvalue weighted by atomic mass is 32.2. The standard InChI is InChI=1S/C11H18N4S/c1-6(5-10(12)13)16-11-14-8(3)7(2)9(4)15-11/h6H,5H2,1-4H3,(H3,12,13). The molecule has 1 rings (SSSR count). The molecule has 0 amide bonds. The predicted molar refractivity (Wildman–Crippen MR) is 68.1 cm³/mol. The minimum absolute atomic E-state index is 0.209. The molecule has 0 aromatic carbocycles. The van der Waals surface area contributed by atoms with Crippen molar-refractivity contribution in [3.05, 3.63) is 17.0 Å². The maximum atomic E-state index is 7.23. The number of aromatic nitrogens is 2. The van der Waals surface area contributed by atoms with Gasteiger partial charge in [0.1, 0.15) is 0 Å². The first-order valence-corrected chi connectivity index (χ1v) is 6.09. The molecule has 1 unspecified atom stereocenters. The lowest BCUT2D eigenvalue weighted by Crippen LogP contribution is -2.15. The van der Waals surface area contributed by atoms with Crippen molar-refractivity contribution in [2.75, 3.05) is 0 Å². The van der Waals surface area contributed by atoms with E-state index in [-0.39, 0.29) is 11.1 Å². The first kappa shape index (κ1) is 13.0. The van der Waals surface area contributed by atoms with Crippen LogP contribution in [-0.4, -0.2) is 21.1 Å². The van der Waals surface area contributed by atoms with E-state index in [0.717, 1.165) is 22.1 Å². The quantitative estimate of drug-likeness (QED) is 0.365. The van der Waals surface area contributed by atoms with Gasteiger partial charge in [0.25, 0.3) is 0 Å². The van der Waals surface area contributed by atoms with Crippen LogP contribution in [0, 0.1) is 26.2 Å².